The van der Waals surface area contributed by atoms with E-state index in [-0.39, 0.29) is 42.6 Å². The van der Waals surface area contributed by atoms with Crippen LogP contribution in [0, 0.1) is 23.2 Å². The number of nitrogens with two attached hydrogens (primary N) is 1. The Bertz CT molecular complexity index is 1410. The van der Waals surface area contributed by atoms with Crippen molar-refractivity contribution in [3.63, 3.8) is 0 Å². The first-order valence-corrected chi connectivity index (χ1v) is 12.5. The number of hydrogen-bond donors (Lipinski definition) is 2. The lowest BCUT2D eigenvalue weighted by Crippen LogP contribution is -2.41. The minimum atomic E-state index is -0.468. The maximum Gasteiger partial charge on any atom is 0.251 e. The quantitative estimate of drug-likeness (QED) is 0.591. The Labute approximate surface area is 219 Å². The van der Waals surface area contributed by atoms with Gasteiger partial charge in [-0.2, -0.15) is 10.4 Å². The first-order valence-electron chi connectivity index (χ1n) is 12.2. The normalized spacial score (nSPS) is 21.9. The van der Waals surface area contributed by atoms with Crippen LogP contribution in [-0.4, -0.2) is 30.1 Å². The molecular weight excluding hydrogens is 493 g/mol. The fraction of sp³-hybridized carbons (Fsp3) is 0.286. The van der Waals surface area contributed by atoms with Crippen molar-refractivity contribution in [2.75, 3.05) is 11.6 Å². The van der Waals surface area contributed by atoms with E-state index in [1.54, 1.807) is 24.3 Å². The number of allylic oxidation sites excluding steroid dienone is 3. The van der Waals surface area contributed by atoms with Crippen molar-refractivity contribution in [2.45, 2.75) is 31.7 Å². The molecule has 2 aliphatic carbocycles. The molecule has 3 N–H and O–H groups in total. The van der Waals surface area contributed by atoms with Gasteiger partial charge >= 0.3 is 0 Å². The van der Waals surface area contributed by atoms with Gasteiger partial charge in [0.15, 0.2) is 0 Å². The number of carbonyl (C=O) groups excluding carboxylic acids is 2. The lowest BCUT2D eigenvalue weighted by atomic mass is 9.74. The molecule has 9 heteroatoms. The molecule has 3 aliphatic rings. The maximum atomic E-state index is 13.8. The van der Waals surface area contributed by atoms with E-state index in [2.05, 4.69) is 11.4 Å². The minimum Gasteiger partial charge on any atom is -0.370 e. The second-order valence-electron chi connectivity index (χ2n) is 9.43. The Morgan fingerprint density at radius 1 is 1.27 bits per heavy atom. The molecule has 3 atom stereocenters. The van der Waals surface area contributed by atoms with Crippen LogP contribution in [0.4, 0.5) is 10.1 Å². The Balaban J connectivity index is 1.48. The van der Waals surface area contributed by atoms with Crippen LogP contribution in [0.5, 0.6) is 0 Å². The van der Waals surface area contributed by atoms with Crippen LogP contribution in [0.2, 0.25) is 5.02 Å². The molecule has 7 nitrogen and oxygen atoms in total. The number of rotatable bonds is 6. The molecule has 1 aliphatic heterocycles. The molecule has 0 saturated carbocycles. The minimum absolute atomic E-state index is 0.0389. The summed E-state index contributed by atoms with van der Waals surface area (Å²) >= 11 is 6.36. The Kier molecular flexibility index (Phi) is 6.81. The molecule has 0 aromatic heterocycles. The maximum absolute atomic E-state index is 13.8. The molecule has 0 saturated heterocycles. The molecule has 3 unspecified atom stereocenters. The Morgan fingerprint density at radius 3 is 2.81 bits per heavy atom. The van der Waals surface area contributed by atoms with E-state index in [9.17, 15) is 19.2 Å². The third-order valence-electron chi connectivity index (χ3n) is 7.15. The van der Waals surface area contributed by atoms with Gasteiger partial charge in [0, 0.05) is 35.9 Å². The first-order chi connectivity index (χ1) is 17.9. The Hall–Kier alpha value is -3.96. The van der Waals surface area contributed by atoms with E-state index in [0.29, 0.717) is 22.6 Å². The summed E-state index contributed by atoms with van der Waals surface area (Å²) in [7, 11) is 0. The van der Waals surface area contributed by atoms with E-state index < -0.39 is 5.91 Å². The molecular formula is C28H25ClFN5O2. The van der Waals surface area contributed by atoms with Gasteiger partial charge in [-0.25, -0.2) is 4.39 Å². The summed E-state index contributed by atoms with van der Waals surface area (Å²) in [5.41, 5.74) is 9.77. The van der Waals surface area contributed by atoms with Crippen molar-refractivity contribution in [1.82, 2.24) is 5.32 Å². The average molecular weight is 518 g/mol. The van der Waals surface area contributed by atoms with Gasteiger partial charge in [0.2, 0.25) is 5.91 Å². The van der Waals surface area contributed by atoms with Gasteiger partial charge < -0.3 is 11.1 Å². The number of carbonyl (C=O) groups is 2. The van der Waals surface area contributed by atoms with Crippen molar-refractivity contribution in [1.29, 1.82) is 5.26 Å². The molecule has 188 valence electrons. The number of benzene rings is 2. The van der Waals surface area contributed by atoms with Gasteiger partial charge in [0.1, 0.15) is 11.9 Å². The van der Waals surface area contributed by atoms with Crippen LogP contribution in [0.15, 0.2) is 65.6 Å². The number of anilines is 1. The first kappa shape index (κ1) is 24.7. The summed E-state index contributed by atoms with van der Waals surface area (Å²) in [6, 6.07) is 12.9. The topological polar surface area (TPSA) is 112 Å². The van der Waals surface area contributed by atoms with Crippen LogP contribution < -0.4 is 16.1 Å². The molecule has 5 rings (SSSR count). The zero-order chi connectivity index (χ0) is 26.1. The molecule has 37 heavy (non-hydrogen) atoms. The van der Waals surface area contributed by atoms with Crippen molar-refractivity contribution in [3.8, 4) is 6.07 Å². The third-order valence-corrected chi connectivity index (χ3v) is 7.46. The van der Waals surface area contributed by atoms with Crippen LogP contribution in [-0.2, 0) is 11.2 Å². The monoisotopic (exact) mass is 517 g/mol. The molecule has 2 amide bonds. The molecule has 0 fully saturated rings. The van der Waals surface area contributed by atoms with E-state index in [1.165, 1.54) is 6.08 Å². The second kappa shape index (κ2) is 10.2. The van der Waals surface area contributed by atoms with Gasteiger partial charge in [-0.3, -0.25) is 14.6 Å². The second-order valence-corrected chi connectivity index (χ2v) is 9.84. The van der Waals surface area contributed by atoms with Gasteiger partial charge in [-0.05, 0) is 67.3 Å². The number of nitrogens with zero attached hydrogens (tertiary/aromatic N) is 3. The largest absolute Gasteiger partial charge is 0.370 e. The van der Waals surface area contributed by atoms with Gasteiger partial charge in [-0.15, -0.1) is 0 Å². The van der Waals surface area contributed by atoms with E-state index >= 15 is 0 Å². The number of fused-ring (bicyclic) bond motifs is 3. The summed E-state index contributed by atoms with van der Waals surface area (Å²) in [6.45, 7) is 0.188. The summed E-state index contributed by atoms with van der Waals surface area (Å²) < 4.78 is 13.8. The van der Waals surface area contributed by atoms with Crippen LogP contribution in [0.3, 0.4) is 0 Å². The molecule has 2 aromatic carbocycles. The van der Waals surface area contributed by atoms with E-state index in [1.807, 2.05) is 29.3 Å². The molecule has 1 heterocycles. The standard InChI is InChI=1S/C28H25ClFN5O2/c29-24-14-21(8-3-19(24)15-31)35-27(16-1-6-20(30)7-2-16)23-10-4-17-13-18(5-9-22(17)26(23)34-35)28(37)33-12-11-25(32)36/h1,3,5-9,13-14,16,23,27H,2,4,10-12H2,(H2,32,36)(H,33,37). The molecule has 0 radical (unpaired) electrons. The molecule has 0 bridgehead atoms. The highest BCUT2D eigenvalue weighted by atomic mass is 35.5. The fourth-order valence-electron chi connectivity index (χ4n) is 5.37. The predicted molar refractivity (Wildman–Crippen MR) is 140 cm³/mol. The fourth-order valence-corrected chi connectivity index (χ4v) is 5.58. The summed E-state index contributed by atoms with van der Waals surface area (Å²) in [5, 5.41) is 19.4. The van der Waals surface area contributed by atoms with Crippen molar-refractivity contribution in [3.05, 3.63) is 87.7 Å². The molecule has 0 spiro atoms. The number of hydrazone groups is 1. The van der Waals surface area contributed by atoms with Crippen LogP contribution in [0.1, 0.15) is 46.3 Å². The van der Waals surface area contributed by atoms with Gasteiger partial charge in [0.05, 0.1) is 28.0 Å². The summed E-state index contributed by atoms with van der Waals surface area (Å²) in [6.07, 6.45) is 7.25. The number of nitriles is 1. The van der Waals surface area contributed by atoms with Crippen molar-refractivity contribution in [2.24, 2.45) is 22.7 Å². The number of halogens is 2. The SMILES string of the molecule is N#Cc1ccc(N2N=C3c4ccc(C(=O)NCCC(N)=O)cc4CCC3C2C2C=CC(F)=CC2)cc1Cl. The number of amides is 2. The van der Waals surface area contributed by atoms with E-state index in [4.69, 9.17) is 22.4 Å². The summed E-state index contributed by atoms with van der Waals surface area (Å²) in [4.78, 5) is 23.5. The lowest BCUT2D eigenvalue weighted by Gasteiger charge is -2.35. The van der Waals surface area contributed by atoms with Crippen LogP contribution >= 0.6 is 11.6 Å². The highest BCUT2D eigenvalue weighted by Gasteiger charge is 2.44. The van der Waals surface area contributed by atoms with Crippen molar-refractivity contribution < 1.29 is 14.0 Å². The third kappa shape index (κ3) is 4.87. The predicted octanol–water partition coefficient (Wildman–Crippen LogP) is 4.40. The van der Waals surface area contributed by atoms with Crippen LogP contribution in [0.25, 0.3) is 0 Å². The number of aryl methyl sites for hydroxylation is 1. The molecule has 2 aromatic rings. The zero-order valence-corrected chi connectivity index (χ0v) is 20.7. The Morgan fingerprint density at radius 2 is 2.11 bits per heavy atom. The highest BCUT2D eigenvalue weighted by molar-refractivity contribution is 6.32. The number of primary amides is 1. The average Bonchev–Trinajstić information content (AvgIpc) is 3.28. The zero-order valence-electron chi connectivity index (χ0n) is 20.0. The van der Waals surface area contributed by atoms with E-state index in [0.717, 1.165) is 35.4 Å². The smallest absolute Gasteiger partial charge is 0.251 e. The number of nitrogens with one attached hydrogen (secondary N) is 1. The number of hydrogen-bond acceptors (Lipinski definition) is 5. The summed E-state index contributed by atoms with van der Waals surface area (Å²) in [5.74, 6) is -0.825. The lowest BCUT2D eigenvalue weighted by molar-refractivity contribution is -0.117. The van der Waals surface area contributed by atoms with Gasteiger partial charge in [-0.1, -0.05) is 23.7 Å². The van der Waals surface area contributed by atoms with Crippen molar-refractivity contribution >= 4 is 34.8 Å². The van der Waals surface area contributed by atoms with Gasteiger partial charge in [0.25, 0.3) is 5.91 Å². The highest BCUT2D eigenvalue weighted by Crippen LogP contribution is 2.43.